The molecule has 104 valence electrons. The standard InChI is InChI=1S/C14H15N3O3/c1-10(14(19)20)16-13(18)11(8-15)9-17(2)12-6-4-3-5-7-12/h3-7,9-10H,1-2H3,(H,16,18)(H,19,20)/b11-9-. The van der Waals surface area contributed by atoms with Gasteiger partial charge in [0.2, 0.25) is 0 Å². The van der Waals surface area contributed by atoms with Crippen molar-refractivity contribution in [3.05, 3.63) is 42.1 Å². The number of amides is 1. The van der Waals surface area contributed by atoms with Crippen LogP contribution >= 0.6 is 0 Å². The normalized spacial score (nSPS) is 12.2. The lowest BCUT2D eigenvalue weighted by molar-refractivity contribution is -0.140. The zero-order valence-corrected chi connectivity index (χ0v) is 11.2. The van der Waals surface area contributed by atoms with Crippen molar-refractivity contribution in [3.63, 3.8) is 0 Å². The van der Waals surface area contributed by atoms with E-state index in [1.165, 1.54) is 13.1 Å². The van der Waals surface area contributed by atoms with Crippen molar-refractivity contribution in [2.24, 2.45) is 0 Å². The van der Waals surface area contributed by atoms with Gasteiger partial charge in [-0.3, -0.25) is 9.59 Å². The molecule has 0 aliphatic rings. The number of carbonyl (C=O) groups excluding carboxylic acids is 1. The lowest BCUT2D eigenvalue weighted by Crippen LogP contribution is -2.39. The molecule has 0 heterocycles. The van der Waals surface area contributed by atoms with E-state index in [1.807, 2.05) is 30.3 Å². The lowest BCUT2D eigenvalue weighted by Gasteiger charge is -2.15. The number of carboxylic acids is 1. The molecule has 1 aromatic carbocycles. The predicted octanol–water partition coefficient (Wildman–Crippen LogP) is 1.12. The molecule has 0 saturated carbocycles. The number of para-hydroxylation sites is 1. The molecule has 0 saturated heterocycles. The molecule has 0 spiro atoms. The van der Waals surface area contributed by atoms with E-state index in [0.717, 1.165) is 5.69 Å². The van der Waals surface area contributed by atoms with Crippen molar-refractivity contribution in [1.29, 1.82) is 5.26 Å². The molecular formula is C14H15N3O3. The molecule has 1 rings (SSSR count). The van der Waals surface area contributed by atoms with Gasteiger partial charge in [0.15, 0.2) is 0 Å². The topological polar surface area (TPSA) is 93.4 Å². The molecule has 1 unspecified atom stereocenters. The van der Waals surface area contributed by atoms with Gasteiger partial charge < -0.3 is 15.3 Å². The number of benzene rings is 1. The van der Waals surface area contributed by atoms with E-state index in [4.69, 9.17) is 10.4 Å². The van der Waals surface area contributed by atoms with Gasteiger partial charge in [-0.15, -0.1) is 0 Å². The molecule has 6 heteroatoms. The smallest absolute Gasteiger partial charge is 0.325 e. The quantitative estimate of drug-likeness (QED) is 0.619. The van der Waals surface area contributed by atoms with Crippen molar-refractivity contribution in [1.82, 2.24) is 5.32 Å². The number of nitriles is 1. The largest absolute Gasteiger partial charge is 0.480 e. The highest BCUT2D eigenvalue weighted by Gasteiger charge is 2.17. The minimum atomic E-state index is -1.16. The molecule has 2 N–H and O–H groups in total. The van der Waals surface area contributed by atoms with E-state index in [2.05, 4.69) is 5.32 Å². The van der Waals surface area contributed by atoms with Gasteiger partial charge in [0.25, 0.3) is 5.91 Å². The molecule has 1 atom stereocenters. The van der Waals surface area contributed by atoms with Crippen LogP contribution < -0.4 is 10.2 Å². The molecule has 0 fully saturated rings. The zero-order valence-electron chi connectivity index (χ0n) is 11.2. The van der Waals surface area contributed by atoms with Gasteiger partial charge >= 0.3 is 5.97 Å². The Morgan fingerprint density at radius 2 is 2.00 bits per heavy atom. The summed E-state index contributed by atoms with van der Waals surface area (Å²) in [7, 11) is 1.70. The Kier molecular flexibility index (Phi) is 5.30. The van der Waals surface area contributed by atoms with Crippen molar-refractivity contribution in [2.75, 3.05) is 11.9 Å². The third kappa shape index (κ3) is 4.14. The number of carboxylic acid groups (broad SMARTS) is 1. The summed E-state index contributed by atoms with van der Waals surface area (Å²) in [6.45, 7) is 1.33. The van der Waals surface area contributed by atoms with Crippen molar-refractivity contribution in [2.45, 2.75) is 13.0 Å². The first-order chi connectivity index (χ1) is 9.45. The summed E-state index contributed by atoms with van der Waals surface area (Å²) in [5.41, 5.74) is 0.642. The van der Waals surface area contributed by atoms with Crippen LogP contribution in [-0.4, -0.2) is 30.1 Å². The van der Waals surface area contributed by atoms with E-state index in [-0.39, 0.29) is 5.57 Å². The second-order valence-electron chi connectivity index (χ2n) is 4.13. The van der Waals surface area contributed by atoms with Gasteiger partial charge in [-0.2, -0.15) is 5.26 Å². The summed E-state index contributed by atoms with van der Waals surface area (Å²) in [6, 6.07) is 9.87. The Labute approximate surface area is 116 Å². The molecule has 0 aromatic heterocycles. The molecule has 0 aliphatic heterocycles. The van der Waals surface area contributed by atoms with Crippen LogP contribution in [-0.2, 0) is 9.59 Å². The minimum Gasteiger partial charge on any atom is -0.480 e. The molecule has 6 nitrogen and oxygen atoms in total. The molecular weight excluding hydrogens is 258 g/mol. The van der Waals surface area contributed by atoms with Crippen LogP contribution in [0.15, 0.2) is 42.1 Å². The first-order valence-corrected chi connectivity index (χ1v) is 5.89. The van der Waals surface area contributed by atoms with Gasteiger partial charge in [-0.1, -0.05) is 18.2 Å². The summed E-state index contributed by atoms with van der Waals surface area (Å²) in [4.78, 5) is 24.0. The van der Waals surface area contributed by atoms with Crippen LogP contribution in [0.1, 0.15) is 6.92 Å². The van der Waals surface area contributed by atoms with E-state index >= 15 is 0 Å². The van der Waals surface area contributed by atoms with Gasteiger partial charge in [-0.25, -0.2) is 0 Å². The fourth-order valence-corrected chi connectivity index (χ4v) is 1.41. The Bertz CT molecular complexity index is 561. The van der Waals surface area contributed by atoms with E-state index in [1.54, 1.807) is 18.0 Å². The Morgan fingerprint density at radius 3 is 2.50 bits per heavy atom. The average molecular weight is 273 g/mol. The molecule has 1 amide bonds. The van der Waals surface area contributed by atoms with E-state index in [0.29, 0.717) is 0 Å². The molecule has 0 bridgehead atoms. The highest BCUT2D eigenvalue weighted by molar-refractivity contribution is 5.99. The lowest BCUT2D eigenvalue weighted by atomic mass is 10.2. The number of nitrogens with zero attached hydrogens (tertiary/aromatic N) is 2. The number of rotatable bonds is 5. The summed E-state index contributed by atoms with van der Waals surface area (Å²) < 4.78 is 0. The third-order valence-corrected chi connectivity index (χ3v) is 2.57. The Hall–Kier alpha value is -2.81. The fourth-order valence-electron chi connectivity index (χ4n) is 1.41. The summed E-state index contributed by atoms with van der Waals surface area (Å²) >= 11 is 0. The second-order valence-corrected chi connectivity index (χ2v) is 4.13. The van der Waals surface area contributed by atoms with Crippen LogP contribution in [0.5, 0.6) is 0 Å². The van der Waals surface area contributed by atoms with Gasteiger partial charge in [0.05, 0.1) is 0 Å². The highest BCUT2D eigenvalue weighted by atomic mass is 16.4. The maximum absolute atomic E-state index is 11.8. The van der Waals surface area contributed by atoms with Crippen molar-refractivity contribution >= 4 is 17.6 Å². The maximum atomic E-state index is 11.8. The molecule has 20 heavy (non-hydrogen) atoms. The first kappa shape index (κ1) is 15.2. The number of hydrogen-bond donors (Lipinski definition) is 2. The summed E-state index contributed by atoms with van der Waals surface area (Å²) in [6.07, 6.45) is 1.36. The number of hydrogen-bond acceptors (Lipinski definition) is 4. The van der Waals surface area contributed by atoms with Crippen LogP contribution in [0.2, 0.25) is 0 Å². The number of aliphatic carboxylic acids is 1. The molecule has 1 aromatic rings. The van der Waals surface area contributed by atoms with Crippen LogP contribution in [0.25, 0.3) is 0 Å². The van der Waals surface area contributed by atoms with E-state index < -0.39 is 17.9 Å². The molecule has 0 radical (unpaired) electrons. The predicted molar refractivity (Wildman–Crippen MR) is 73.8 cm³/mol. The fraction of sp³-hybridized carbons (Fsp3) is 0.214. The Morgan fingerprint density at radius 1 is 1.40 bits per heavy atom. The number of carbonyl (C=O) groups is 2. The van der Waals surface area contributed by atoms with Crippen LogP contribution in [0.3, 0.4) is 0 Å². The highest BCUT2D eigenvalue weighted by Crippen LogP contribution is 2.12. The summed E-state index contributed by atoms with van der Waals surface area (Å²) in [5.74, 6) is -1.88. The first-order valence-electron chi connectivity index (χ1n) is 5.89. The monoisotopic (exact) mass is 273 g/mol. The van der Waals surface area contributed by atoms with Gasteiger partial charge in [0, 0.05) is 18.9 Å². The summed E-state index contributed by atoms with van der Waals surface area (Å²) in [5, 5.41) is 19.9. The zero-order chi connectivity index (χ0) is 15.1. The van der Waals surface area contributed by atoms with Gasteiger partial charge in [-0.05, 0) is 19.1 Å². The van der Waals surface area contributed by atoms with Crippen molar-refractivity contribution < 1.29 is 14.7 Å². The SMILES string of the molecule is CC(NC(=O)/C(C#N)=C\N(C)c1ccccc1)C(=O)O. The van der Waals surface area contributed by atoms with E-state index in [9.17, 15) is 9.59 Å². The van der Waals surface area contributed by atoms with Crippen LogP contribution in [0.4, 0.5) is 5.69 Å². The average Bonchev–Trinajstić information content (AvgIpc) is 2.44. The second kappa shape index (κ2) is 6.95. The number of nitrogens with one attached hydrogen (secondary N) is 1. The Balaban J connectivity index is 2.85. The molecule has 0 aliphatic carbocycles. The van der Waals surface area contributed by atoms with Crippen LogP contribution in [0, 0.1) is 11.3 Å². The van der Waals surface area contributed by atoms with Gasteiger partial charge in [0.1, 0.15) is 17.7 Å². The van der Waals surface area contributed by atoms with Crippen molar-refractivity contribution in [3.8, 4) is 6.07 Å². The maximum Gasteiger partial charge on any atom is 0.325 e. The third-order valence-electron chi connectivity index (χ3n) is 2.57. The number of anilines is 1. The minimum absolute atomic E-state index is 0.163.